The van der Waals surface area contributed by atoms with Crippen molar-refractivity contribution in [3.8, 4) is 28.7 Å². The predicted molar refractivity (Wildman–Crippen MR) is 179 cm³/mol. The molecule has 2 amide bonds. The zero-order valence-corrected chi connectivity index (χ0v) is 27.6. The van der Waals surface area contributed by atoms with Crippen molar-refractivity contribution in [1.29, 1.82) is 0 Å². The minimum absolute atomic E-state index is 0.0573. The second-order valence-corrected chi connectivity index (χ2v) is 11.9. The van der Waals surface area contributed by atoms with Gasteiger partial charge in [0, 0.05) is 40.8 Å². The average molecular weight is 673 g/mol. The normalized spacial score (nSPS) is 11.2. The van der Waals surface area contributed by atoms with E-state index in [1.165, 1.54) is 67.4 Å². The fraction of sp³-hybridized carbons (Fsp3) is 0.222. The number of aryl methyl sites for hydroxylation is 1. The van der Waals surface area contributed by atoms with Crippen molar-refractivity contribution in [2.24, 2.45) is 0 Å². The molecular weight excluding hydrogens is 638 g/mol. The maximum Gasteiger partial charge on any atom is 0.407 e. The molecule has 13 heteroatoms. The molecule has 0 bridgehead atoms. The molecule has 49 heavy (non-hydrogen) atoms. The number of carbonyl (C=O) groups is 2. The molecule has 5 rings (SSSR count). The van der Waals surface area contributed by atoms with Gasteiger partial charge in [-0.3, -0.25) is 19.1 Å². The Kier molecular flexibility index (Phi) is 9.83. The van der Waals surface area contributed by atoms with Crippen LogP contribution in [0.4, 0.5) is 19.3 Å². The van der Waals surface area contributed by atoms with Crippen molar-refractivity contribution < 1.29 is 37.3 Å². The number of alkyl carbamates (subject to hydrolysis) is 1. The van der Waals surface area contributed by atoms with Gasteiger partial charge in [-0.25, -0.2) is 13.6 Å². The molecule has 5 aromatic rings. The van der Waals surface area contributed by atoms with Crippen LogP contribution in [0.25, 0.3) is 16.6 Å². The fourth-order valence-electron chi connectivity index (χ4n) is 5.01. The van der Waals surface area contributed by atoms with Gasteiger partial charge in [-0.05, 0) is 87.9 Å². The minimum Gasteiger partial charge on any atom is -0.493 e. The van der Waals surface area contributed by atoms with E-state index in [9.17, 15) is 18.8 Å². The molecule has 0 fully saturated rings. The number of carbonyl (C=O) groups excluding carboxylic acids is 2. The first-order valence-electron chi connectivity index (χ1n) is 15.1. The van der Waals surface area contributed by atoms with E-state index in [1.54, 1.807) is 45.9 Å². The van der Waals surface area contributed by atoms with Crippen molar-refractivity contribution in [3.05, 3.63) is 112 Å². The smallest absolute Gasteiger partial charge is 0.407 e. The van der Waals surface area contributed by atoms with Crippen LogP contribution in [0.2, 0.25) is 0 Å². The molecular formula is C36H34F2N4O7. The number of hydrogen-bond acceptors (Lipinski definition) is 8. The Morgan fingerprint density at radius 2 is 1.57 bits per heavy atom. The summed E-state index contributed by atoms with van der Waals surface area (Å²) in [6.07, 6.45) is 0.800. The van der Waals surface area contributed by atoms with E-state index in [4.69, 9.17) is 18.9 Å². The van der Waals surface area contributed by atoms with Crippen LogP contribution < -0.4 is 30.4 Å². The van der Waals surface area contributed by atoms with E-state index in [0.29, 0.717) is 39.4 Å². The number of nitrogens with zero attached hydrogens (tertiary/aromatic N) is 2. The largest absolute Gasteiger partial charge is 0.493 e. The Morgan fingerprint density at radius 3 is 2.22 bits per heavy atom. The summed E-state index contributed by atoms with van der Waals surface area (Å²) >= 11 is 0. The first kappa shape index (κ1) is 34.4. The third kappa shape index (κ3) is 7.78. The van der Waals surface area contributed by atoms with E-state index >= 15 is 4.39 Å². The van der Waals surface area contributed by atoms with E-state index < -0.39 is 34.8 Å². The summed E-state index contributed by atoms with van der Waals surface area (Å²) in [5, 5.41) is 5.73. The number of nitrogens with one attached hydrogen (secondary N) is 2. The highest BCUT2D eigenvalue weighted by Gasteiger charge is 2.22. The maximum atomic E-state index is 15.3. The van der Waals surface area contributed by atoms with Crippen molar-refractivity contribution >= 4 is 28.6 Å². The quantitative estimate of drug-likeness (QED) is 0.170. The number of amides is 2. The molecule has 0 unspecified atom stereocenters. The zero-order chi connectivity index (χ0) is 35.5. The van der Waals surface area contributed by atoms with Crippen LogP contribution in [-0.4, -0.2) is 41.4 Å². The number of benzene rings is 3. The summed E-state index contributed by atoms with van der Waals surface area (Å²) < 4.78 is 52.2. The van der Waals surface area contributed by atoms with Crippen LogP contribution in [0.5, 0.6) is 23.0 Å². The summed E-state index contributed by atoms with van der Waals surface area (Å²) in [7, 11) is 2.99. The van der Waals surface area contributed by atoms with Gasteiger partial charge >= 0.3 is 6.09 Å². The fourth-order valence-corrected chi connectivity index (χ4v) is 5.01. The molecule has 3 aromatic carbocycles. The van der Waals surface area contributed by atoms with Crippen LogP contribution in [0.15, 0.2) is 77.7 Å². The van der Waals surface area contributed by atoms with E-state index in [0.717, 1.165) is 6.07 Å². The van der Waals surface area contributed by atoms with E-state index in [1.807, 2.05) is 0 Å². The average Bonchev–Trinajstić information content (AvgIpc) is 3.05. The number of ether oxygens (including phenoxy) is 4. The monoisotopic (exact) mass is 672 g/mol. The molecule has 2 heterocycles. The Balaban J connectivity index is 1.42. The molecule has 0 aliphatic carbocycles. The number of methoxy groups -OCH3 is 2. The Bertz CT molecular complexity index is 2110. The SMILES string of the molecule is COc1cc2nccc(Oc3ccc(NC(=O)c4cc(C)c(CNC(=O)OC(C)(C)C)n(-c5ccc(F)cc5)c4=O)cc3F)c2cc1OC. The van der Waals surface area contributed by atoms with Gasteiger partial charge in [0.25, 0.3) is 11.5 Å². The lowest BCUT2D eigenvalue weighted by molar-refractivity contribution is 0.0522. The number of halogens is 2. The lowest BCUT2D eigenvalue weighted by atomic mass is 10.1. The van der Waals surface area contributed by atoms with Gasteiger partial charge in [-0.2, -0.15) is 0 Å². The molecule has 0 aliphatic heterocycles. The Labute approximate surface area is 280 Å². The lowest BCUT2D eigenvalue weighted by Crippen LogP contribution is -2.36. The number of pyridine rings is 2. The van der Waals surface area contributed by atoms with E-state index in [2.05, 4.69) is 15.6 Å². The van der Waals surface area contributed by atoms with Gasteiger partial charge in [0.2, 0.25) is 0 Å². The number of aromatic nitrogens is 2. The minimum atomic E-state index is -0.815. The summed E-state index contributed by atoms with van der Waals surface area (Å²) in [5.41, 5.74) is -0.0985. The van der Waals surface area contributed by atoms with Gasteiger partial charge in [-0.15, -0.1) is 0 Å². The number of hydrogen-bond donors (Lipinski definition) is 2. The van der Waals surface area contributed by atoms with Crippen molar-refractivity contribution in [1.82, 2.24) is 14.9 Å². The molecule has 2 N–H and O–H groups in total. The Morgan fingerprint density at radius 1 is 0.878 bits per heavy atom. The van der Waals surface area contributed by atoms with Crippen LogP contribution in [0, 0.1) is 18.6 Å². The van der Waals surface area contributed by atoms with Gasteiger partial charge < -0.3 is 29.6 Å². The number of rotatable bonds is 9. The lowest BCUT2D eigenvalue weighted by Gasteiger charge is -2.21. The molecule has 254 valence electrons. The van der Waals surface area contributed by atoms with Crippen molar-refractivity contribution in [2.45, 2.75) is 39.8 Å². The second kappa shape index (κ2) is 14.0. The first-order chi connectivity index (χ1) is 23.3. The molecule has 0 spiro atoms. The summed E-state index contributed by atoms with van der Waals surface area (Å²) in [6.45, 7) is 6.66. The summed E-state index contributed by atoms with van der Waals surface area (Å²) in [6, 6.07) is 15.2. The van der Waals surface area contributed by atoms with Crippen molar-refractivity contribution in [2.75, 3.05) is 19.5 Å². The zero-order valence-electron chi connectivity index (χ0n) is 27.6. The molecule has 0 saturated carbocycles. The van der Waals surface area contributed by atoms with Gasteiger partial charge in [0.15, 0.2) is 23.1 Å². The summed E-state index contributed by atoms with van der Waals surface area (Å²) in [5.74, 6) is -1.04. The highest BCUT2D eigenvalue weighted by Crippen LogP contribution is 2.37. The van der Waals surface area contributed by atoms with Gasteiger partial charge in [0.05, 0.1) is 26.3 Å². The molecule has 11 nitrogen and oxygen atoms in total. The predicted octanol–water partition coefficient (Wildman–Crippen LogP) is 7.06. The van der Waals surface area contributed by atoms with Crippen LogP contribution in [0.1, 0.15) is 42.4 Å². The second-order valence-electron chi connectivity index (χ2n) is 11.9. The first-order valence-corrected chi connectivity index (χ1v) is 15.1. The van der Waals surface area contributed by atoms with Crippen molar-refractivity contribution in [3.63, 3.8) is 0 Å². The topological polar surface area (TPSA) is 130 Å². The van der Waals surface area contributed by atoms with Gasteiger partial charge in [0.1, 0.15) is 22.7 Å². The van der Waals surface area contributed by atoms with E-state index in [-0.39, 0.29) is 29.2 Å². The summed E-state index contributed by atoms with van der Waals surface area (Å²) in [4.78, 5) is 43.9. The highest BCUT2D eigenvalue weighted by atomic mass is 19.1. The standard InChI is InChI=1S/C36H34F2N4O7/c1-20-15-25(34(44)42(23-10-7-21(37)8-11-23)28(20)19-40-35(45)49-36(2,3)4)33(43)41-22-9-12-30(26(38)16-22)48-29-13-14-39-27-18-32(47-6)31(46-5)17-24(27)29/h7-18H,19H2,1-6H3,(H,40,45)(H,41,43). The van der Waals surface area contributed by atoms with Crippen LogP contribution in [-0.2, 0) is 11.3 Å². The highest BCUT2D eigenvalue weighted by molar-refractivity contribution is 6.04. The number of fused-ring (bicyclic) bond motifs is 1. The third-order valence-electron chi connectivity index (χ3n) is 7.26. The van der Waals surface area contributed by atoms with Gasteiger partial charge in [-0.1, -0.05) is 0 Å². The van der Waals surface area contributed by atoms with Crippen LogP contribution >= 0.6 is 0 Å². The Hall–Kier alpha value is -5.98. The maximum absolute atomic E-state index is 15.3. The third-order valence-corrected chi connectivity index (χ3v) is 7.26. The molecule has 0 saturated heterocycles. The molecule has 0 aliphatic rings. The van der Waals surface area contributed by atoms with Crippen LogP contribution in [0.3, 0.4) is 0 Å². The number of anilines is 1. The molecule has 0 radical (unpaired) electrons. The molecule has 2 aromatic heterocycles. The molecule has 0 atom stereocenters.